The van der Waals surface area contributed by atoms with Crippen molar-refractivity contribution in [2.75, 3.05) is 0 Å². The number of benzene rings is 2. The molecule has 3 heteroatoms. The molecule has 0 aliphatic rings. The summed E-state index contributed by atoms with van der Waals surface area (Å²) in [5, 5.41) is 1.55. The van der Waals surface area contributed by atoms with Crippen LogP contribution < -0.4 is 4.74 Å². The molecule has 0 fully saturated rings. The first-order valence-electron chi connectivity index (χ1n) is 6.26. The van der Waals surface area contributed by atoms with Gasteiger partial charge < -0.3 is 4.74 Å². The molecule has 0 radical (unpaired) electrons. The minimum Gasteiger partial charge on any atom is -0.465 e. The van der Waals surface area contributed by atoms with Crippen LogP contribution >= 0.6 is 11.6 Å². The van der Waals surface area contributed by atoms with E-state index in [4.69, 9.17) is 16.3 Å². The molecule has 0 aliphatic heterocycles. The van der Waals surface area contributed by atoms with Crippen molar-refractivity contribution in [3.63, 3.8) is 0 Å². The van der Waals surface area contributed by atoms with Gasteiger partial charge in [0.25, 0.3) is 5.24 Å². The number of carbonyl (C=O) groups excluding carboxylic acids is 1. The molecule has 0 atom stereocenters. The molecule has 98 valence electrons. The lowest BCUT2D eigenvalue weighted by atomic mass is 10.1. The van der Waals surface area contributed by atoms with Gasteiger partial charge in [-0.1, -0.05) is 25.5 Å². The number of hydrogen-bond donors (Lipinski definition) is 0. The number of rotatable bonds is 5. The number of halogens is 1. The van der Waals surface area contributed by atoms with E-state index < -0.39 is 5.24 Å². The molecule has 0 N–H and O–H groups in total. The van der Waals surface area contributed by atoms with Crippen molar-refractivity contribution in [1.82, 2.24) is 0 Å². The first kappa shape index (κ1) is 13.6. The predicted octanol–water partition coefficient (Wildman–Crippen LogP) is 4.91. The van der Waals surface area contributed by atoms with Crippen molar-refractivity contribution in [2.45, 2.75) is 19.8 Å². The van der Waals surface area contributed by atoms with Crippen molar-refractivity contribution in [3.05, 3.63) is 54.3 Å². The number of allylic oxidation sites excluding steroid dienone is 1. The van der Waals surface area contributed by atoms with Crippen LogP contribution in [0.3, 0.4) is 0 Å². The lowest BCUT2D eigenvalue weighted by molar-refractivity contribution is 0.108. The van der Waals surface area contributed by atoms with E-state index in [2.05, 4.69) is 6.92 Å². The van der Waals surface area contributed by atoms with Crippen LogP contribution in [0.5, 0.6) is 5.75 Å². The average Bonchev–Trinajstić information content (AvgIpc) is 2.43. The molecular weight excluding hydrogens is 260 g/mol. The zero-order valence-corrected chi connectivity index (χ0v) is 11.5. The van der Waals surface area contributed by atoms with Crippen LogP contribution in [0.25, 0.3) is 10.8 Å². The van der Waals surface area contributed by atoms with Gasteiger partial charge in [-0.25, -0.2) is 0 Å². The van der Waals surface area contributed by atoms with Crippen LogP contribution in [0.15, 0.2) is 48.7 Å². The Balaban J connectivity index is 2.21. The van der Waals surface area contributed by atoms with Crippen molar-refractivity contribution >= 4 is 27.6 Å². The van der Waals surface area contributed by atoms with Gasteiger partial charge in [0.05, 0.1) is 6.26 Å². The highest BCUT2D eigenvalue weighted by Gasteiger charge is 2.03. The van der Waals surface area contributed by atoms with Crippen LogP contribution in [0.1, 0.15) is 30.1 Å². The number of hydrogen-bond acceptors (Lipinski definition) is 2. The second-order valence-electron chi connectivity index (χ2n) is 4.28. The molecule has 0 saturated carbocycles. The summed E-state index contributed by atoms with van der Waals surface area (Å²) in [5.74, 6) is 0.782. The minimum atomic E-state index is -0.440. The van der Waals surface area contributed by atoms with Crippen LogP contribution in [0.4, 0.5) is 0 Å². The second-order valence-corrected chi connectivity index (χ2v) is 4.62. The van der Waals surface area contributed by atoms with E-state index in [0.29, 0.717) is 5.56 Å². The molecule has 0 saturated heterocycles. The van der Waals surface area contributed by atoms with Crippen LogP contribution in [0.2, 0.25) is 0 Å². The largest absolute Gasteiger partial charge is 0.465 e. The Morgan fingerprint density at radius 2 is 1.95 bits per heavy atom. The monoisotopic (exact) mass is 274 g/mol. The van der Waals surface area contributed by atoms with Crippen molar-refractivity contribution in [3.8, 4) is 5.75 Å². The van der Waals surface area contributed by atoms with Gasteiger partial charge >= 0.3 is 0 Å². The Morgan fingerprint density at radius 1 is 1.21 bits per heavy atom. The Hall–Kier alpha value is -1.80. The molecule has 0 aliphatic carbocycles. The summed E-state index contributed by atoms with van der Waals surface area (Å²) in [7, 11) is 0. The summed E-state index contributed by atoms with van der Waals surface area (Å²) in [6, 6.07) is 11.1. The molecule has 0 amide bonds. The summed E-state index contributed by atoms with van der Waals surface area (Å²) in [6.45, 7) is 2.12. The molecule has 2 nitrogen and oxygen atoms in total. The van der Waals surface area contributed by atoms with Crippen molar-refractivity contribution in [2.24, 2.45) is 0 Å². The second kappa shape index (κ2) is 6.39. The molecule has 0 aromatic heterocycles. The van der Waals surface area contributed by atoms with Crippen molar-refractivity contribution in [1.29, 1.82) is 0 Å². The third kappa shape index (κ3) is 3.58. The Kier molecular flexibility index (Phi) is 4.58. The first-order valence-corrected chi connectivity index (χ1v) is 6.64. The fourth-order valence-electron chi connectivity index (χ4n) is 1.78. The summed E-state index contributed by atoms with van der Waals surface area (Å²) in [5.41, 5.74) is 0.505. The minimum absolute atomic E-state index is 0.440. The van der Waals surface area contributed by atoms with E-state index in [0.717, 1.165) is 29.4 Å². The number of carbonyl (C=O) groups is 1. The van der Waals surface area contributed by atoms with Crippen LogP contribution in [-0.4, -0.2) is 5.24 Å². The first-order chi connectivity index (χ1) is 9.20. The maximum atomic E-state index is 11.1. The van der Waals surface area contributed by atoms with Crippen LogP contribution in [0, 0.1) is 0 Å². The Labute approximate surface area is 117 Å². The fourth-order valence-corrected chi connectivity index (χ4v) is 1.90. The highest BCUT2D eigenvalue weighted by atomic mass is 35.5. The van der Waals surface area contributed by atoms with Crippen LogP contribution in [-0.2, 0) is 0 Å². The van der Waals surface area contributed by atoms with E-state index in [1.54, 1.807) is 18.4 Å². The molecule has 0 unspecified atom stereocenters. The highest BCUT2D eigenvalue weighted by molar-refractivity contribution is 6.67. The predicted molar refractivity (Wildman–Crippen MR) is 78.8 cm³/mol. The zero-order valence-electron chi connectivity index (χ0n) is 10.7. The maximum absolute atomic E-state index is 11.1. The third-order valence-corrected chi connectivity index (χ3v) is 3.01. The van der Waals surface area contributed by atoms with E-state index >= 15 is 0 Å². The van der Waals surface area contributed by atoms with E-state index in [1.165, 1.54) is 0 Å². The molecule has 0 spiro atoms. The summed E-state index contributed by atoms with van der Waals surface area (Å²) >= 11 is 5.46. The Morgan fingerprint density at radius 3 is 2.68 bits per heavy atom. The van der Waals surface area contributed by atoms with Gasteiger partial charge in [0.2, 0.25) is 0 Å². The quantitative estimate of drug-likeness (QED) is 0.572. The standard InChI is InChI=1S/C16H15ClO2/c1-2-3-4-9-19-15-8-7-12-10-14(16(17)18)6-5-13(12)11-15/h4-11H,2-3H2,1H3. The van der Waals surface area contributed by atoms with E-state index in [9.17, 15) is 4.79 Å². The van der Waals surface area contributed by atoms with Gasteiger partial charge in [-0.3, -0.25) is 4.79 Å². The smallest absolute Gasteiger partial charge is 0.252 e. The van der Waals surface area contributed by atoms with Gasteiger partial charge in [-0.05, 0) is 59.1 Å². The third-order valence-electron chi connectivity index (χ3n) is 2.79. The fraction of sp³-hybridized carbons (Fsp3) is 0.188. The zero-order chi connectivity index (χ0) is 13.7. The highest BCUT2D eigenvalue weighted by Crippen LogP contribution is 2.23. The summed E-state index contributed by atoms with van der Waals surface area (Å²) in [6.07, 6.45) is 5.82. The average molecular weight is 275 g/mol. The van der Waals surface area contributed by atoms with Gasteiger partial charge in [0.1, 0.15) is 5.75 Å². The summed E-state index contributed by atoms with van der Waals surface area (Å²) < 4.78 is 5.52. The SMILES string of the molecule is CCCC=COc1ccc2cc(C(=O)Cl)ccc2c1. The molecule has 19 heavy (non-hydrogen) atoms. The van der Waals surface area contributed by atoms with E-state index in [-0.39, 0.29) is 0 Å². The van der Waals surface area contributed by atoms with Gasteiger partial charge in [-0.2, -0.15) is 0 Å². The number of ether oxygens (including phenoxy) is 1. The molecule has 2 aromatic rings. The molecule has 0 bridgehead atoms. The molecule has 0 heterocycles. The molecule has 2 aromatic carbocycles. The number of unbranched alkanes of at least 4 members (excludes halogenated alkanes) is 1. The molecule has 2 rings (SSSR count). The topological polar surface area (TPSA) is 26.3 Å². The van der Waals surface area contributed by atoms with Gasteiger partial charge in [0.15, 0.2) is 0 Å². The van der Waals surface area contributed by atoms with Gasteiger partial charge in [-0.15, -0.1) is 0 Å². The number of fused-ring (bicyclic) bond motifs is 1. The lowest BCUT2D eigenvalue weighted by Gasteiger charge is -2.04. The van der Waals surface area contributed by atoms with E-state index in [1.807, 2.05) is 30.3 Å². The van der Waals surface area contributed by atoms with Gasteiger partial charge in [0, 0.05) is 5.56 Å². The summed E-state index contributed by atoms with van der Waals surface area (Å²) in [4.78, 5) is 11.1. The Bertz CT molecular complexity index is 617. The molecular formula is C16H15ClO2. The lowest BCUT2D eigenvalue weighted by Crippen LogP contribution is -1.88. The normalized spacial score (nSPS) is 11.1. The van der Waals surface area contributed by atoms with Crippen molar-refractivity contribution < 1.29 is 9.53 Å². The maximum Gasteiger partial charge on any atom is 0.252 e.